The first-order valence-corrected chi connectivity index (χ1v) is 6.66. The minimum absolute atomic E-state index is 0.564. The first-order chi connectivity index (χ1) is 7.89. The lowest BCUT2D eigenvalue weighted by Gasteiger charge is -2.13. The molecular formula is C12H11Cl2NOS. The van der Waals surface area contributed by atoms with Crippen LogP contribution in [-0.4, -0.2) is 10.1 Å². The van der Waals surface area contributed by atoms with Gasteiger partial charge in [0, 0.05) is 10.9 Å². The zero-order chi connectivity index (χ0) is 12.6. The Balaban J connectivity index is 2.51. The Labute approximate surface area is 114 Å². The molecule has 0 radical (unpaired) electrons. The summed E-state index contributed by atoms with van der Waals surface area (Å²) in [5.74, 6) is 0. The van der Waals surface area contributed by atoms with Gasteiger partial charge in [-0.05, 0) is 26.0 Å². The highest BCUT2D eigenvalue weighted by atomic mass is 35.5. The summed E-state index contributed by atoms with van der Waals surface area (Å²) in [6, 6.07) is 5.33. The highest BCUT2D eigenvalue weighted by Gasteiger charge is 2.21. The third kappa shape index (κ3) is 2.63. The molecule has 0 unspecified atom stereocenters. The second-order valence-electron chi connectivity index (χ2n) is 4.19. The highest BCUT2D eigenvalue weighted by molar-refractivity contribution is 7.13. The highest BCUT2D eigenvalue weighted by Crippen LogP contribution is 2.37. The number of benzene rings is 1. The molecule has 1 heterocycles. The molecule has 0 atom stereocenters. The summed E-state index contributed by atoms with van der Waals surface area (Å²) in [5, 5.41) is 13.5. The van der Waals surface area contributed by atoms with Gasteiger partial charge < -0.3 is 5.11 Å². The lowest BCUT2D eigenvalue weighted by molar-refractivity contribution is 0.0746. The first-order valence-electron chi connectivity index (χ1n) is 5.02. The Hall–Kier alpha value is -0.610. The number of aromatic nitrogens is 1. The molecule has 0 amide bonds. The summed E-state index contributed by atoms with van der Waals surface area (Å²) >= 11 is 13.6. The number of hydrogen-bond acceptors (Lipinski definition) is 3. The van der Waals surface area contributed by atoms with Crippen LogP contribution in [0.25, 0.3) is 10.6 Å². The van der Waals surface area contributed by atoms with Crippen molar-refractivity contribution in [3.63, 3.8) is 0 Å². The van der Waals surface area contributed by atoms with E-state index in [2.05, 4.69) is 4.98 Å². The van der Waals surface area contributed by atoms with Gasteiger partial charge in [0.15, 0.2) is 0 Å². The Morgan fingerprint density at radius 2 is 1.82 bits per heavy atom. The summed E-state index contributed by atoms with van der Waals surface area (Å²) in [7, 11) is 0. The second kappa shape index (κ2) is 4.58. The number of nitrogens with zero attached hydrogens (tertiary/aromatic N) is 1. The molecule has 90 valence electrons. The minimum atomic E-state index is -0.956. The number of halogens is 2. The average Bonchev–Trinajstić information content (AvgIpc) is 2.65. The normalized spacial score (nSPS) is 11.8. The van der Waals surface area contributed by atoms with Crippen molar-refractivity contribution >= 4 is 34.5 Å². The van der Waals surface area contributed by atoms with Gasteiger partial charge in [0.25, 0.3) is 0 Å². The smallest absolute Gasteiger partial charge is 0.126 e. The summed E-state index contributed by atoms with van der Waals surface area (Å²) < 4.78 is 0. The van der Waals surface area contributed by atoms with E-state index in [1.165, 1.54) is 11.3 Å². The van der Waals surface area contributed by atoms with E-state index in [1.54, 1.807) is 32.0 Å². The van der Waals surface area contributed by atoms with E-state index in [4.69, 9.17) is 23.2 Å². The van der Waals surface area contributed by atoms with Crippen LogP contribution in [0.5, 0.6) is 0 Å². The predicted molar refractivity (Wildman–Crippen MR) is 72.8 cm³/mol. The fourth-order valence-electron chi connectivity index (χ4n) is 1.37. The van der Waals surface area contributed by atoms with Gasteiger partial charge in [-0.25, -0.2) is 4.98 Å². The van der Waals surface area contributed by atoms with E-state index in [0.29, 0.717) is 15.7 Å². The first kappa shape index (κ1) is 12.8. The number of thiazole rings is 1. The quantitative estimate of drug-likeness (QED) is 0.891. The second-order valence-corrected chi connectivity index (χ2v) is 5.87. The maximum Gasteiger partial charge on any atom is 0.126 e. The van der Waals surface area contributed by atoms with Crippen LogP contribution in [0.15, 0.2) is 23.6 Å². The third-order valence-electron chi connectivity index (χ3n) is 2.31. The minimum Gasteiger partial charge on any atom is -0.384 e. The third-order valence-corrected chi connectivity index (χ3v) is 3.80. The fourth-order valence-corrected chi connectivity index (χ4v) is 3.11. The Bertz CT molecular complexity index is 525. The van der Waals surface area contributed by atoms with Gasteiger partial charge in [-0.3, -0.25) is 0 Å². The van der Waals surface area contributed by atoms with Gasteiger partial charge in [-0.15, -0.1) is 11.3 Å². The zero-order valence-corrected chi connectivity index (χ0v) is 11.7. The van der Waals surface area contributed by atoms with Gasteiger partial charge in [0.05, 0.1) is 15.7 Å². The van der Waals surface area contributed by atoms with Crippen molar-refractivity contribution in [1.82, 2.24) is 4.98 Å². The van der Waals surface area contributed by atoms with Crippen LogP contribution in [0.4, 0.5) is 0 Å². The molecule has 0 spiro atoms. The fraction of sp³-hybridized carbons (Fsp3) is 0.250. The van der Waals surface area contributed by atoms with Crippen LogP contribution >= 0.6 is 34.5 Å². The van der Waals surface area contributed by atoms with Crippen LogP contribution in [-0.2, 0) is 5.60 Å². The molecule has 2 nitrogen and oxygen atoms in total. The standard InChI is InChI=1S/C12H11Cl2NOS/c1-12(2,16)9-6-17-11(15-9)10-7(13)4-3-5-8(10)14/h3-6,16H,1-2H3. The molecule has 0 bridgehead atoms. The van der Waals surface area contributed by atoms with Crippen LogP contribution < -0.4 is 0 Å². The SMILES string of the molecule is CC(C)(O)c1csc(-c2c(Cl)cccc2Cl)n1. The molecule has 2 aromatic rings. The Morgan fingerprint density at radius 1 is 1.24 bits per heavy atom. The summed E-state index contributed by atoms with van der Waals surface area (Å²) in [5.41, 5.74) is 0.382. The molecule has 1 aromatic heterocycles. The molecule has 5 heteroatoms. The molecule has 2 rings (SSSR count). The summed E-state index contributed by atoms with van der Waals surface area (Å²) in [4.78, 5) is 4.37. The van der Waals surface area contributed by atoms with Crippen molar-refractivity contribution in [2.75, 3.05) is 0 Å². The predicted octanol–water partition coefficient (Wildman–Crippen LogP) is 4.34. The van der Waals surface area contributed by atoms with Gasteiger partial charge in [0.1, 0.15) is 10.6 Å². The van der Waals surface area contributed by atoms with E-state index in [1.807, 2.05) is 5.38 Å². The average molecular weight is 288 g/mol. The summed E-state index contributed by atoms with van der Waals surface area (Å²) in [6.45, 7) is 3.39. The van der Waals surface area contributed by atoms with Gasteiger partial charge >= 0.3 is 0 Å². The van der Waals surface area contributed by atoms with Crippen LogP contribution in [0, 0.1) is 0 Å². The van der Waals surface area contributed by atoms with E-state index in [-0.39, 0.29) is 0 Å². The zero-order valence-electron chi connectivity index (χ0n) is 9.37. The number of aliphatic hydroxyl groups is 1. The molecule has 0 aliphatic heterocycles. The monoisotopic (exact) mass is 287 g/mol. The molecular weight excluding hydrogens is 277 g/mol. The van der Waals surface area contributed by atoms with Crippen molar-refractivity contribution in [2.45, 2.75) is 19.4 Å². The molecule has 0 saturated heterocycles. The molecule has 17 heavy (non-hydrogen) atoms. The van der Waals surface area contributed by atoms with Gasteiger partial charge in [-0.1, -0.05) is 29.3 Å². The van der Waals surface area contributed by atoms with Crippen LogP contribution in [0.2, 0.25) is 10.0 Å². The molecule has 0 aliphatic carbocycles. The van der Waals surface area contributed by atoms with Crippen molar-refractivity contribution in [1.29, 1.82) is 0 Å². The molecule has 0 aliphatic rings. The Morgan fingerprint density at radius 3 is 2.29 bits per heavy atom. The van der Waals surface area contributed by atoms with Crippen molar-refractivity contribution < 1.29 is 5.11 Å². The van der Waals surface area contributed by atoms with Gasteiger partial charge in [-0.2, -0.15) is 0 Å². The number of hydrogen-bond donors (Lipinski definition) is 1. The van der Waals surface area contributed by atoms with Crippen molar-refractivity contribution in [3.8, 4) is 10.6 Å². The van der Waals surface area contributed by atoms with E-state index in [0.717, 1.165) is 10.6 Å². The maximum atomic E-state index is 9.87. The topological polar surface area (TPSA) is 33.1 Å². The van der Waals surface area contributed by atoms with Crippen molar-refractivity contribution in [3.05, 3.63) is 39.3 Å². The molecule has 1 N–H and O–H groups in total. The molecule has 1 aromatic carbocycles. The molecule has 0 fully saturated rings. The van der Waals surface area contributed by atoms with Crippen LogP contribution in [0.1, 0.15) is 19.5 Å². The van der Waals surface area contributed by atoms with E-state index < -0.39 is 5.60 Å². The van der Waals surface area contributed by atoms with E-state index >= 15 is 0 Å². The number of rotatable bonds is 2. The Kier molecular flexibility index (Phi) is 3.46. The molecule has 0 saturated carbocycles. The van der Waals surface area contributed by atoms with Crippen molar-refractivity contribution in [2.24, 2.45) is 0 Å². The van der Waals surface area contributed by atoms with Gasteiger partial charge in [0.2, 0.25) is 0 Å². The lowest BCUT2D eigenvalue weighted by atomic mass is 10.1. The largest absolute Gasteiger partial charge is 0.384 e. The van der Waals surface area contributed by atoms with Crippen LogP contribution in [0.3, 0.4) is 0 Å². The lowest BCUT2D eigenvalue weighted by Crippen LogP contribution is -2.15. The van der Waals surface area contributed by atoms with E-state index in [9.17, 15) is 5.11 Å². The maximum absolute atomic E-state index is 9.87. The summed E-state index contributed by atoms with van der Waals surface area (Å²) in [6.07, 6.45) is 0.